The third-order valence-corrected chi connectivity index (χ3v) is 6.91. The van der Waals surface area contributed by atoms with Crippen LogP contribution in [0.25, 0.3) is 0 Å². The Labute approximate surface area is 155 Å². The minimum absolute atomic E-state index is 0.182. The molecular weight excluding hydrogens is 352 g/mol. The van der Waals surface area contributed by atoms with E-state index in [4.69, 9.17) is 0 Å². The van der Waals surface area contributed by atoms with Gasteiger partial charge in [0.2, 0.25) is 0 Å². The van der Waals surface area contributed by atoms with Gasteiger partial charge in [-0.3, -0.25) is 4.79 Å². The van der Waals surface area contributed by atoms with Crippen LogP contribution in [0.15, 0.2) is 75.8 Å². The predicted octanol–water partition coefficient (Wildman–Crippen LogP) is 6.46. The minimum Gasteiger partial charge on any atom is -0.291 e. The fourth-order valence-corrected chi connectivity index (χ4v) is 5.40. The fourth-order valence-electron chi connectivity index (χ4n) is 2.15. The molecule has 0 fully saturated rings. The van der Waals surface area contributed by atoms with Crippen molar-refractivity contribution in [2.24, 2.45) is 0 Å². The second-order valence-corrected chi connectivity index (χ2v) is 9.14. The van der Waals surface area contributed by atoms with Crippen molar-refractivity contribution in [1.29, 1.82) is 0 Å². The molecule has 24 heavy (non-hydrogen) atoms. The standard InChI is InChI=1S/C20H18OS3/c1-14-5-9-16(10-6-14)23-20(19(21)18-4-3-13-22-18)24-17-11-7-15(2)8-12-17/h3-13,20H,1-2H3. The highest BCUT2D eigenvalue weighted by atomic mass is 32.2. The van der Waals surface area contributed by atoms with E-state index >= 15 is 0 Å². The van der Waals surface area contributed by atoms with Gasteiger partial charge in [0.05, 0.1) is 4.88 Å². The maximum absolute atomic E-state index is 12.9. The first kappa shape index (κ1) is 17.3. The van der Waals surface area contributed by atoms with E-state index in [1.54, 1.807) is 23.5 Å². The lowest BCUT2D eigenvalue weighted by atomic mass is 10.2. The van der Waals surface area contributed by atoms with Gasteiger partial charge in [-0.1, -0.05) is 41.5 Å². The fraction of sp³-hybridized carbons (Fsp3) is 0.150. The van der Waals surface area contributed by atoms with Crippen molar-refractivity contribution < 1.29 is 4.79 Å². The Bertz CT molecular complexity index is 742. The molecule has 0 atom stereocenters. The van der Waals surface area contributed by atoms with E-state index in [9.17, 15) is 4.79 Å². The van der Waals surface area contributed by atoms with Gasteiger partial charge < -0.3 is 0 Å². The molecule has 122 valence electrons. The summed E-state index contributed by atoms with van der Waals surface area (Å²) in [5, 5.41) is 1.96. The normalized spacial score (nSPS) is 11.0. The molecule has 0 aliphatic carbocycles. The predicted molar refractivity (Wildman–Crippen MR) is 107 cm³/mol. The summed E-state index contributed by atoms with van der Waals surface area (Å²) in [7, 11) is 0. The lowest BCUT2D eigenvalue weighted by Crippen LogP contribution is -2.12. The molecule has 0 saturated carbocycles. The number of hydrogen-bond acceptors (Lipinski definition) is 4. The number of thiophene rings is 1. The molecule has 0 unspecified atom stereocenters. The van der Waals surface area contributed by atoms with Gasteiger partial charge in [0, 0.05) is 9.79 Å². The number of carbonyl (C=O) groups is 1. The second-order valence-electron chi connectivity index (χ2n) is 5.54. The second kappa shape index (κ2) is 8.06. The molecule has 4 heteroatoms. The molecule has 0 radical (unpaired) electrons. The van der Waals surface area contributed by atoms with Crippen molar-refractivity contribution in [3.05, 3.63) is 82.0 Å². The lowest BCUT2D eigenvalue weighted by Gasteiger charge is -2.15. The van der Waals surface area contributed by atoms with E-state index in [2.05, 4.69) is 62.4 Å². The molecule has 0 aliphatic rings. The summed E-state index contributed by atoms with van der Waals surface area (Å²) in [6.45, 7) is 4.15. The van der Waals surface area contributed by atoms with E-state index < -0.39 is 0 Å². The van der Waals surface area contributed by atoms with Gasteiger partial charge in [-0.2, -0.15) is 0 Å². The van der Waals surface area contributed by atoms with E-state index in [0.29, 0.717) is 0 Å². The highest BCUT2D eigenvalue weighted by Gasteiger charge is 2.23. The number of aryl methyl sites for hydroxylation is 2. The van der Waals surface area contributed by atoms with Gasteiger partial charge in [0.1, 0.15) is 4.58 Å². The van der Waals surface area contributed by atoms with Crippen molar-refractivity contribution in [3.8, 4) is 0 Å². The van der Waals surface area contributed by atoms with Gasteiger partial charge in [-0.15, -0.1) is 34.9 Å². The van der Waals surface area contributed by atoms with Crippen molar-refractivity contribution in [2.45, 2.75) is 28.2 Å². The van der Waals surface area contributed by atoms with Crippen LogP contribution in [0.4, 0.5) is 0 Å². The van der Waals surface area contributed by atoms with Crippen LogP contribution < -0.4 is 0 Å². The molecule has 0 bridgehead atoms. The maximum atomic E-state index is 12.9. The summed E-state index contributed by atoms with van der Waals surface area (Å²) in [5.74, 6) is 0.182. The molecule has 0 N–H and O–H groups in total. The molecule has 0 aliphatic heterocycles. The Balaban J connectivity index is 1.83. The Hall–Kier alpha value is -1.49. The molecule has 0 saturated heterocycles. The van der Waals surface area contributed by atoms with Crippen LogP contribution in [0, 0.1) is 13.8 Å². The van der Waals surface area contributed by atoms with Crippen LogP contribution in [-0.2, 0) is 0 Å². The van der Waals surface area contributed by atoms with Crippen LogP contribution >= 0.6 is 34.9 Å². The largest absolute Gasteiger partial charge is 0.291 e. The lowest BCUT2D eigenvalue weighted by molar-refractivity contribution is 0.101. The maximum Gasteiger partial charge on any atom is 0.196 e. The number of Topliss-reactive ketones (excluding diaryl/α,β-unsaturated/α-hetero) is 1. The molecule has 1 aromatic heterocycles. The SMILES string of the molecule is Cc1ccc(SC(Sc2ccc(C)cc2)C(=O)c2cccs2)cc1. The van der Waals surface area contributed by atoms with Gasteiger partial charge in [0.15, 0.2) is 5.78 Å². The quantitative estimate of drug-likeness (QED) is 0.282. The number of carbonyl (C=O) groups excluding carboxylic acids is 1. The monoisotopic (exact) mass is 370 g/mol. The molecule has 0 spiro atoms. The summed E-state index contributed by atoms with van der Waals surface area (Å²) >= 11 is 4.75. The van der Waals surface area contributed by atoms with Crippen molar-refractivity contribution in [3.63, 3.8) is 0 Å². The van der Waals surface area contributed by atoms with Gasteiger partial charge >= 0.3 is 0 Å². The molecule has 1 heterocycles. The Morgan fingerprint density at radius 1 is 0.833 bits per heavy atom. The third-order valence-electron chi connectivity index (χ3n) is 3.51. The van der Waals surface area contributed by atoms with E-state index in [-0.39, 0.29) is 10.4 Å². The van der Waals surface area contributed by atoms with Crippen molar-refractivity contribution in [1.82, 2.24) is 0 Å². The first-order valence-corrected chi connectivity index (χ1v) is 10.3. The molecule has 3 rings (SSSR count). The first-order valence-electron chi connectivity index (χ1n) is 7.66. The first-order chi connectivity index (χ1) is 11.6. The molecule has 0 amide bonds. The summed E-state index contributed by atoms with van der Waals surface area (Å²) in [6.07, 6.45) is 0. The number of ketones is 1. The zero-order chi connectivity index (χ0) is 16.9. The molecule has 2 aromatic carbocycles. The van der Waals surface area contributed by atoms with Crippen LogP contribution in [0.2, 0.25) is 0 Å². The van der Waals surface area contributed by atoms with Crippen LogP contribution in [-0.4, -0.2) is 10.4 Å². The Kier molecular flexibility index (Phi) is 5.82. The number of rotatable bonds is 6. The number of hydrogen-bond donors (Lipinski definition) is 0. The zero-order valence-corrected chi connectivity index (χ0v) is 16.0. The number of thioether (sulfide) groups is 2. The van der Waals surface area contributed by atoms with Crippen molar-refractivity contribution in [2.75, 3.05) is 0 Å². The molecular formula is C20H18OS3. The minimum atomic E-state index is -0.186. The average molecular weight is 371 g/mol. The highest BCUT2D eigenvalue weighted by molar-refractivity contribution is 8.18. The summed E-state index contributed by atoms with van der Waals surface area (Å²) < 4.78 is -0.186. The van der Waals surface area contributed by atoms with Crippen LogP contribution in [0.5, 0.6) is 0 Å². The van der Waals surface area contributed by atoms with E-state index in [1.807, 2.05) is 17.5 Å². The van der Waals surface area contributed by atoms with E-state index in [0.717, 1.165) is 14.7 Å². The van der Waals surface area contributed by atoms with Crippen LogP contribution in [0.3, 0.4) is 0 Å². The van der Waals surface area contributed by atoms with Crippen molar-refractivity contribution >= 4 is 40.6 Å². The van der Waals surface area contributed by atoms with Crippen LogP contribution in [0.1, 0.15) is 20.8 Å². The summed E-state index contributed by atoms with van der Waals surface area (Å²) in [4.78, 5) is 16.0. The Morgan fingerprint density at radius 2 is 1.33 bits per heavy atom. The smallest absolute Gasteiger partial charge is 0.196 e. The molecule has 1 nitrogen and oxygen atoms in total. The topological polar surface area (TPSA) is 17.1 Å². The van der Waals surface area contributed by atoms with Gasteiger partial charge in [-0.25, -0.2) is 0 Å². The summed E-state index contributed by atoms with van der Waals surface area (Å²) in [5.41, 5.74) is 2.46. The van der Waals surface area contributed by atoms with E-state index in [1.165, 1.54) is 22.5 Å². The summed E-state index contributed by atoms with van der Waals surface area (Å²) in [6, 6.07) is 20.5. The molecule has 3 aromatic rings. The highest BCUT2D eigenvalue weighted by Crippen LogP contribution is 2.38. The third kappa shape index (κ3) is 4.53. The number of benzene rings is 2. The zero-order valence-electron chi connectivity index (χ0n) is 13.6. The van der Waals surface area contributed by atoms with Gasteiger partial charge in [0.25, 0.3) is 0 Å². The average Bonchev–Trinajstić information content (AvgIpc) is 3.12. The van der Waals surface area contributed by atoms with Gasteiger partial charge in [-0.05, 0) is 49.6 Å². The Morgan fingerprint density at radius 3 is 1.75 bits per heavy atom.